The summed E-state index contributed by atoms with van der Waals surface area (Å²) in [6.45, 7) is 7.97. The maximum absolute atomic E-state index is 11.8. The normalized spacial score (nSPS) is 14.5. The molecule has 0 aliphatic rings. The summed E-state index contributed by atoms with van der Waals surface area (Å²) in [5.74, 6) is 0.426. The Bertz CT molecular complexity index is 368. The summed E-state index contributed by atoms with van der Waals surface area (Å²) >= 11 is 0. The van der Waals surface area contributed by atoms with Crippen LogP contribution < -0.4 is 11.1 Å². The first-order valence-corrected chi connectivity index (χ1v) is 6.08. The highest BCUT2D eigenvalue weighted by atomic mass is 16.1. The zero-order valence-electron chi connectivity index (χ0n) is 11.0. The molecule has 0 aliphatic heterocycles. The molecule has 94 valence electrons. The molecule has 0 spiro atoms. The van der Waals surface area contributed by atoms with Gasteiger partial charge in [-0.25, -0.2) is 0 Å². The van der Waals surface area contributed by atoms with Crippen molar-refractivity contribution < 1.29 is 4.79 Å². The first-order chi connectivity index (χ1) is 7.91. The third-order valence-corrected chi connectivity index (χ3v) is 3.12. The van der Waals surface area contributed by atoms with Crippen LogP contribution in [0.2, 0.25) is 0 Å². The molecule has 17 heavy (non-hydrogen) atoms. The number of carbonyl (C=O) groups excluding carboxylic acids is 1. The largest absolute Gasteiger partial charge is 0.326 e. The van der Waals surface area contributed by atoms with Crippen LogP contribution in [0.25, 0.3) is 0 Å². The average molecular weight is 234 g/mol. The van der Waals surface area contributed by atoms with Crippen LogP contribution in [0.1, 0.15) is 39.3 Å². The fourth-order valence-electron chi connectivity index (χ4n) is 1.43. The van der Waals surface area contributed by atoms with Gasteiger partial charge in [-0.2, -0.15) is 0 Å². The van der Waals surface area contributed by atoms with E-state index in [1.807, 2.05) is 52.0 Å². The van der Waals surface area contributed by atoms with Crippen molar-refractivity contribution in [2.75, 3.05) is 5.32 Å². The van der Waals surface area contributed by atoms with Crippen molar-refractivity contribution in [1.82, 2.24) is 0 Å². The van der Waals surface area contributed by atoms with Gasteiger partial charge in [0.1, 0.15) is 0 Å². The van der Waals surface area contributed by atoms with Crippen molar-refractivity contribution in [3.05, 3.63) is 29.8 Å². The zero-order valence-corrected chi connectivity index (χ0v) is 11.0. The predicted molar refractivity (Wildman–Crippen MR) is 71.7 cm³/mol. The Balaban J connectivity index is 2.66. The average Bonchev–Trinajstić information content (AvgIpc) is 2.28. The Morgan fingerprint density at radius 3 is 2.06 bits per heavy atom. The van der Waals surface area contributed by atoms with Gasteiger partial charge in [-0.1, -0.05) is 32.9 Å². The lowest BCUT2D eigenvalue weighted by atomic mass is 9.97. The van der Waals surface area contributed by atoms with Gasteiger partial charge in [0.2, 0.25) is 5.91 Å². The molecule has 0 saturated heterocycles. The molecule has 0 radical (unpaired) electrons. The molecule has 3 N–H and O–H groups in total. The van der Waals surface area contributed by atoms with Gasteiger partial charge in [-0.05, 0) is 30.5 Å². The minimum Gasteiger partial charge on any atom is -0.326 e. The number of anilines is 1. The summed E-state index contributed by atoms with van der Waals surface area (Å²) in [5.41, 5.74) is 7.66. The topological polar surface area (TPSA) is 55.1 Å². The molecule has 1 aromatic carbocycles. The number of amides is 1. The van der Waals surface area contributed by atoms with E-state index in [-0.39, 0.29) is 17.9 Å². The number of hydrogen-bond acceptors (Lipinski definition) is 2. The first kappa shape index (κ1) is 13.7. The molecule has 0 heterocycles. The standard InChI is InChI=1S/C14H22N2O/c1-9(2)10(3)14(17)16-13-7-5-12(6-8-13)11(4)15/h5-11H,15H2,1-4H3,(H,16,17). The summed E-state index contributed by atoms with van der Waals surface area (Å²) in [4.78, 5) is 11.8. The minimum absolute atomic E-state index is 0.0168. The number of nitrogens with two attached hydrogens (primary N) is 1. The van der Waals surface area contributed by atoms with Crippen LogP contribution >= 0.6 is 0 Å². The summed E-state index contributed by atoms with van der Waals surface area (Å²) in [7, 11) is 0. The zero-order chi connectivity index (χ0) is 13.0. The lowest BCUT2D eigenvalue weighted by Gasteiger charge is -2.15. The lowest BCUT2D eigenvalue weighted by Crippen LogP contribution is -2.24. The monoisotopic (exact) mass is 234 g/mol. The summed E-state index contributed by atoms with van der Waals surface area (Å²) < 4.78 is 0. The number of nitrogens with one attached hydrogen (secondary N) is 1. The van der Waals surface area contributed by atoms with E-state index >= 15 is 0 Å². The number of benzene rings is 1. The highest BCUT2D eigenvalue weighted by molar-refractivity contribution is 5.92. The van der Waals surface area contributed by atoms with Crippen molar-refractivity contribution in [3.8, 4) is 0 Å². The molecule has 0 aromatic heterocycles. The van der Waals surface area contributed by atoms with E-state index in [9.17, 15) is 4.79 Å². The molecule has 0 bridgehead atoms. The predicted octanol–water partition coefficient (Wildman–Crippen LogP) is 2.94. The molecule has 1 aromatic rings. The molecule has 3 heteroatoms. The molecular weight excluding hydrogens is 212 g/mol. The molecule has 0 fully saturated rings. The summed E-state index contributed by atoms with van der Waals surface area (Å²) in [6, 6.07) is 7.70. The molecule has 3 nitrogen and oxygen atoms in total. The molecule has 2 unspecified atom stereocenters. The van der Waals surface area contributed by atoms with Crippen LogP contribution in [0.15, 0.2) is 24.3 Å². The van der Waals surface area contributed by atoms with Crippen LogP contribution in [0, 0.1) is 11.8 Å². The van der Waals surface area contributed by atoms with E-state index in [2.05, 4.69) is 5.32 Å². The van der Waals surface area contributed by atoms with Gasteiger partial charge in [0.05, 0.1) is 0 Å². The maximum atomic E-state index is 11.8. The highest BCUT2D eigenvalue weighted by Gasteiger charge is 2.16. The molecular formula is C14H22N2O. The van der Waals surface area contributed by atoms with Gasteiger partial charge in [0.15, 0.2) is 0 Å². The third-order valence-electron chi connectivity index (χ3n) is 3.12. The van der Waals surface area contributed by atoms with Crippen molar-refractivity contribution in [2.45, 2.75) is 33.7 Å². The molecule has 2 atom stereocenters. The van der Waals surface area contributed by atoms with E-state index in [4.69, 9.17) is 5.73 Å². The van der Waals surface area contributed by atoms with E-state index in [1.54, 1.807) is 0 Å². The van der Waals surface area contributed by atoms with Gasteiger partial charge in [0, 0.05) is 17.6 Å². The van der Waals surface area contributed by atoms with Gasteiger partial charge >= 0.3 is 0 Å². The molecule has 0 saturated carbocycles. The highest BCUT2D eigenvalue weighted by Crippen LogP contribution is 2.16. The van der Waals surface area contributed by atoms with Gasteiger partial charge < -0.3 is 11.1 Å². The van der Waals surface area contributed by atoms with Crippen molar-refractivity contribution in [3.63, 3.8) is 0 Å². The summed E-state index contributed by atoms with van der Waals surface area (Å²) in [5, 5.41) is 2.91. The van der Waals surface area contributed by atoms with Crippen LogP contribution in [0.3, 0.4) is 0 Å². The number of rotatable bonds is 4. The van der Waals surface area contributed by atoms with Crippen LogP contribution in [0.4, 0.5) is 5.69 Å². The Morgan fingerprint density at radius 2 is 1.65 bits per heavy atom. The van der Waals surface area contributed by atoms with Crippen LogP contribution in [-0.2, 0) is 4.79 Å². The lowest BCUT2D eigenvalue weighted by molar-refractivity contribution is -0.120. The van der Waals surface area contributed by atoms with Gasteiger partial charge in [-0.3, -0.25) is 4.79 Å². The van der Waals surface area contributed by atoms with Crippen molar-refractivity contribution in [1.29, 1.82) is 0 Å². The third kappa shape index (κ3) is 3.86. The minimum atomic E-state index is 0.0168. The van der Waals surface area contributed by atoms with E-state index in [0.717, 1.165) is 11.3 Å². The molecule has 1 rings (SSSR count). The quantitative estimate of drug-likeness (QED) is 0.841. The fraction of sp³-hybridized carbons (Fsp3) is 0.500. The SMILES string of the molecule is CC(N)c1ccc(NC(=O)C(C)C(C)C)cc1. The van der Waals surface area contributed by atoms with E-state index in [1.165, 1.54) is 0 Å². The fourth-order valence-corrected chi connectivity index (χ4v) is 1.43. The van der Waals surface area contributed by atoms with Crippen molar-refractivity contribution >= 4 is 11.6 Å². The Hall–Kier alpha value is -1.35. The Labute approximate surface area is 103 Å². The van der Waals surface area contributed by atoms with Gasteiger partial charge in [-0.15, -0.1) is 0 Å². The second kappa shape index (κ2) is 5.82. The van der Waals surface area contributed by atoms with E-state index in [0.29, 0.717) is 5.92 Å². The smallest absolute Gasteiger partial charge is 0.227 e. The first-order valence-electron chi connectivity index (χ1n) is 6.08. The Kier molecular flexibility index (Phi) is 4.70. The Morgan fingerprint density at radius 1 is 1.12 bits per heavy atom. The maximum Gasteiger partial charge on any atom is 0.227 e. The van der Waals surface area contributed by atoms with Crippen LogP contribution in [-0.4, -0.2) is 5.91 Å². The van der Waals surface area contributed by atoms with Crippen molar-refractivity contribution in [2.24, 2.45) is 17.6 Å². The molecule has 1 amide bonds. The number of carbonyl (C=O) groups is 1. The molecule has 0 aliphatic carbocycles. The van der Waals surface area contributed by atoms with E-state index < -0.39 is 0 Å². The number of hydrogen-bond donors (Lipinski definition) is 2. The summed E-state index contributed by atoms with van der Waals surface area (Å²) in [6.07, 6.45) is 0. The van der Waals surface area contributed by atoms with Gasteiger partial charge in [0.25, 0.3) is 0 Å². The second-order valence-corrected chi connectivity index (χ2v) is 4.93. The second-order valence-electron chi connectivity index (χ2n) is 4.93. The van der Waals surface area contributed by atoms with Crippen LogP contribution in [0.5, 0.6) is 0 Å².